The number of hydrogen-bond donors (Lipinski definition) is 1. The fraction of sp³-hybridized carbons (Fsp3) is 0.769. The molecule has 4 heteroatoms. The second kappa shape index (κ2) is 5.08. The van der Waals surface area contributed by atoms with Gasteiger partial charge in [0.1, 0.15) is 0 Å². The van der Waals surface area contributed by atoms with Gasteiger partial charge in [-0.15, -0.1) is 0 Å². The van der Waals surface area contributed by atoms with E-state index in [4.69, 9.17) is 4.74 Å². The summed E-state index contributed by atoms with van der Waals surface area (Å²) in [5, 5.41) is 3.58. The molecule has 2 aliphatic rings. The molecule has 17 heavy (non-hydrogen) atoms. The lowest BCUT2D eigenvalue weighted by molar-refractivity contribution is 0.0598. The summed E-state index contributed by atoms with van der Waals surface area (Å²) < 4.78 is 7.82. The Morgan fingerprint density at radius 1 is 1.24 bits per heavy atom. The van der Waals surface area contributed by atoms with Crippen LogP contribution in [-0.2, 0) is 4.74 Å². The van der Waals surface area contributed by atoms with Crippen LogP contribution in [0.25, 0.3) is 0 Å². The van der Waals surface area contributed by atoms with E-state index in [0.717, 1.165) is 25.6 Å². The molecule has 1 unspecified atom stereocenters. The first-order valence-electron chi connectivity index (χ1n) is 6.80. The molecule has 1 aliphatic carbocycles. The molecule has 2 fully saturated rings. The molecule has 2 heterocycles. The summed E-state index contributed by atoms with van der Waals surface area (Å²) in [7, 11) is 0. The zero-order valence-corrected chi connectivity index (χ0v) is 10.3. The van der Waals surface area contributed by atoms with E-state index in [-0.39, 0.29) is 0 Å². The Hall–Kier alpha value is -1.03. The van der Waals surface area contributed by atoms with Crippen molar-refractivity contribution in [1.82, 2.24) is 9.55 Å². The number of hydrogen-bond acceptors (Lipinski definition) is 3. The van der Waals surface area contributed by atoms with E-state index in [1.54, 1.807) is 0 Å². The highest BCUT2D eigenvalue weighted by molar-refractivity contribution is 5.29. The SMILES string of the molecule is c1cn(C2CCCOC2)c(NC2CCCC2)n1. The van der Waals surface area contributed by atoms with Crippen LogP contribution in [0, 0.1) is 0 Å². The Balaban J connectivity index is 1.69. The lowest BCUT2D eigenvalue weighted by Crippen LogP contribution is -2.24. The number of aromatic nitrogens is 2. The van der Waals surface area contributed by atoms with Gasteiger partial charge in [0.25, 0.3) is 0 Å². The first kappa shape index (κ1) is 11.1. The number of nitrogens with one attached hydrogen (secondary N) is 1. The van der Waals surface area contributed by atoms with Gasteiger partial charge in [-0.25, -0.2) is 4.98 Å². The molecule has 1 atom stereocenters. The van der Waals surface area contributed by atoms with Crippen LogP contribution in [0.15, 0.2) is 12.4 Å². The van der Waals surface area contributed by atoms with Gasteiger partial charge in [-0.2, -0.15) is 0 Å². The average Bonchev–Trinajstić information content (AvgIpc) is 3.02. The zero-order chi connectivity index (χ0) is 11.5. The molecule has 0 bridgehead atoms. The van der Waals surface area contributed by atoms with Crippen LogP contribution in [0.5, 0.6) is 0 Å². The second-order valence-corrected chi connectivity index (χ2v) is 5.15. The maximum atomic E-state index is 5.55. The highest BCUT2D eigenvalue weighted by Crippen LogP contribution is 2.26. The topological polar surface area (TPSA) is 39.1 Å². The molecule has 3 rings (SSSR count). The van der Waals surface area contributed by atoms with E-state index in [0.29, 0.717) is 12.1 Å². The third-order valence-electron chi connectivity index (χ3n) is 3.89. The van der Waals surface area contributed by atoms with E-state index in [1.807, 2.05) is 6.20 Å². The summed E-state index contributed by atoms with van der Waals surface area (Å²) in [5.41, 5.74) is 0. The fourth-order valence-electron chi connectivity index (χ4n) is 2.92. The first-order valence-corrected chi connectivity index (χ1v) is 6.80. The summed E-state index contributed by atoms with van der Waals surface area (Å²) in [6, 6.07) is 1.09. The van der Waals surface area contributed by atoms with Crippen LogP contribution in [0.1, 0.15) is 44.6 Å². The van der Waals surface area contributed by atoms with Gasteiger partial charge in [-0.05, 0) is 25.7 Å². The van der Waals surface area contributed by atoms with Gasteiger partial charge in [-0.1, -0.05) is 12.8 Å². The summed E-state index contributed by atoms with van der Waals surface area (Å²) in [6.45, 7) is 1.74. The highest BCUT2D eigenvalue weighted by Gasteiger charge is 2.21. The van der Waals surface area contributed by atoms with Crippen LogP contribution in [-0.4, -0.2) is 28.8 Å². The Labute approximate surface area is 102 Å². The van der Waals surface area contributed by atoms with E-state index in [9.17, 15) is 0 Å². The summed E-state index contributed by atoms with van der Waals surface area (Å²) in [5.74, 6) is 1.03. The molecule has 1 N–H and O–H groups in total. The van der Waals surface area contributed by atoms with Gasteiger partial charge in [0, 0.05) is 25.0 Å². The van der Waals surface area contributed by atoms with Gasteiger partial charge in [-0.3, -0.25) is 0 Å². The van der Waals surface area contributed by atoms with Gasteiger partial charge in [0.15, 0.2) is 0 Å². The van der Waals surface area contributed by atoms with Crippen molar-refractivity contribution < 1.29 is 4.74 Å². The molecule has 1 saturated carbocycles. The molecule has 1 aromatic rings. The summed E-state index contributed by atoms with van der Waals surface area (Å²) in [4.78, 5) is 4.45. The predicted octanol–water partition coefficient (Wildman–Crippen LogP) is 2.59. The highest BCUT2D eigenvalue weighted by atomic mass is 16.5. The molecule has 1 aliphatic heterocycles. The maximum Gasteiger partial charge on any atom is 0.203 e. The smallest absolute Gasteiger partial charge is 0.203 e. The van der Waals surface area contributed by atoms with Crippen molar-refractivity contribution in [3.8, 4) is 0 Å². The van der Waals surface area contributed by atoms with Crippen molar-refractivity contribution >= 4 is 5.95 Å². The molecule has 4 nitrogen and oxygen atoms in total. The third-order valence-corrected chi connectivity index (χ3v) is 3.89. The molecule has 1 saturated heterocycles. The second-order valence-electron chi connectivity index (χ2n) is 5.15. The molecular formula is C13H21N3O. The van der Waals surface area contributed by atoms with Crippen molar-refractivity contribution in [1.29, 1.82) is 0 Å². The Morgan fingerprint density at radius 3 is 2.88 bits per heavy atom. The predicted molar refractivity (Wildman–Crippen MR) is 67.2 cm³/mol. The van der Waals surface area contributed by atoms with E-state index >= 15 is 0 Å². The van der Waals surface area contributed by atoms with Crippen molar-refractivity contribution in [2.75, 3.05) is 18.5 Å². The number of anilines is 1. The number of nitrogens with zero attached hydrogens (tertiary/aromatic N) is 2. The quantitative estimate of drug-likeness (QED) is 0.875. The molecular weight excluding hydrogens is 214 g/mol. The number of imidazole rings is 1. The van der Waals surface area contributed by atoms with Crippen molar-refractivity contribution in [2.45, 2.75) is 50.6 Å². The van der Waals surface area contributed by atoms with Gasteiger partial charge >= 0.3 is 0 Å². The van der Waals surface area contributed by atoms with Crippen LogP contribution in [0.4, 0.5) is 5.95 Å². The Morgan fingerprint density at radius 2 is 2.12 bits per heavy atom. The fourth-order valence-corrected chi connectivity index (χ4v) is 2.92. The minimum absolute atomic E-state index is 0.468. The van der Waals surface area contributed by atoms with Gasteiger partial charge < -0.3 is 14.6 Å². The normalized spacial score (nSPS) is 26.2. The van der Waals surface area contributed by atoms with Crippen LogP contribution in [0.2, 0.25) is 0 Å². The van der Waals surface area contributed by atoms with Crippen molar-refractivity contribution in [3.05, 3.63) is 12.4 Å². The van der Waals surface area contributed by atoms with Crippen molar-refractivity contribution in [3.63, 3.8) is 0 Å². The first-order chi connectivity index (χ1) is 8.43. The molecule has 0 radical (unpaired) electrons. The van der Waals surface area contributed by atoms with Crippen molar-refractivity contribution in [2.24, 2.45) is 0 Å². The van der Waals surface area contributed by atoms with E-state index < -0.39 is 0 Å². The third kappa shape index (κ3) is 2.46. The maximum absolute atomic E-state index is 5.55. The minimum atomic E-state index is 0.468. The zero-order valence-electron chi connectivity index (χ0n) is 10.3. The van der Waals surface area contributed by atoms with Gasteiger partial charge in [0.05, 0.1) is 12.6 Å². The lowest BCUT2D eigenvalue weighted by Gasteiger charge is -2.25. The molecule has 0 amide bonds. The Bertz CT molecular complexity index is 351. The van der Waals surface area contributed by atoms with E-state index in [2.05, 4.69) is 21.1 Å². The Kier molecular flexibility index (Phi) is 3.31. The summed E-state index contributed by atoms with van der Waals surface area (Å²) in [6.07, 6.45) is 11.6. The molecule has 1 aromatic heterocycles. The molecule has 0 aromatic carbocycles. The van der Waals surface area contributed by atoms with E-state index in [1.165, 1.54) is 32.1 Å². The van der Waals surface area contributed by atoms with Crippen LogP contribution < -0.4 is 5.32 Å². The van der Waals surface area contributed by atoms with Crippen LogP contribution >= 0.6 is 0 Å². The lowest BCUT2D eigenvalue weighted by atomic mass is 10.1. The largest absolute Gasteiger partial charge is 0.379 e. The summed E-state index contributed by atoms with van der Waals surface area (Å²) >= 11 is 0. The average molecular weight is 235 g/mol. The number of ether oxygens (including phenoxy) is 1. The molecule has 94 valence electrons. The monoisotopic (exact) mass is 235 g/mol. The molecule has 0 spiro atoms. The number of rotatable bonds is 3. The standard InChI is InChI=1S/C13H21N3O/c1-2-5-11(4-1)15-13-14-7-8-16(13)12-6-3-9-17-10-12/h7-8,11-12H,1-6,9-10H2,(H,14,15). The minimum Gasteiger partial charge on any atom is -0.379 e. The van der Waals surface area contributed by atoms with Gasteiger partial charge in [0.2, 0.25) is 5.95 Å². The van der Waals surface area contributed by atoms with Crippen LogP contribution in [0.3, 0.4) is 0 Å².